The minimum atomic E-state index is -0.576. The van der Waals surface area contributed by atoms with Gasteiger partial charge in [-0.1, -0.05) is 13.8 Å². The van der Waals surface area contributed by atoms with E-state index in [9.17, 15) is 15.0 Å². The Labute approximate surface area is 193 Å². The molecule has 2 aromatic rings. The van der Waals surface area contributed by atoms with E-state index < -0.39 is 11.5 Å². The summed E-state index contributed by atoms with van der Waals surface area (Å²) in [7, 11) is 0. The zero-order valence-electron chi connectivity index (χ0n) is 18.9. The molecule has 2 heterocycles. The first-order valence-corrected chi connectivity index (χ1v) is 13.1. The molecule has 1 fully saturated rings. The van der Waals surface area contributed by atoms with E-state index in [0.717, 1.165) is 29.1 Å². The van der Waals surface area contributed by atoms with Crippen LogP contribution in [0.25, 0.3) is 10.6 Å². The van der Waals surface area contributed by atoms with Gasteiger partial charge in [-0.25, -0.2) is 4.98 Å². The molecule has 170 valence electrons. The van der Waals surface area contributed by atoms with Crippen LogP contribution >= 0.6 is 22.7 Å². The molecular formula is C24H34N2O3S2. The van der Waals surface area contributed by atoms with Gasteiger partial charge >= 0.3 is 0 Å². The van der Waals surface area contributed by atoms with Crippen molar-refractivity contribution in [3.63, 3.8) is 0 Å². The number of aliphatic hydroxyl groups is 2. The predicted molar refractivity (Wildman–Crippen MR) is 126 cm³/mol. The number of aromatic nitrogens is 1. The Morgan fingerprint density at radius 2 is 2.06 bits per heavy atom. The van der Waals surface area contributed by atoms with Crippen LogP contribution in [0.2, 0.25) is 0 Å². The van der Waals surface area contributed by atoms with Crippen molar-refractivity contribution in [3.05, 3.63) is 27.4 Å². The third-order valence-electron chi connectivity index (χ3n) is 8.16. The molecule has 5 atom stereocenters. The van der Waals surface area contributed by atoms with Crippen LogP contribution in [0.4, 0.5) is 0 Å². The van der Waals surface area contributed by atoms with E-state index in [1.165, 1.54) is 4.88 Å². The first-order chi connectivity index (χ1) is 14.8. The van der Waals surface area contributed by atoms with Crippen LogP contribution in [0, 0.1) is 16.7 Å². The Kier molecular flexibility index (Phi) is 6.34. The van der Waals surface area contributed by atoms with Crippen LogP contribution < -0.4 is 0 Å². The van der Waals surface area contributed by atoms with Crippen molar-refractivity contribution in [1.82, 2.24) is 9.88 Å². The number of fused-ring (bicyclic) bond motifs is 2. The first-order valence-electron chi connectivity index (χ1n) is 11.4. The second-order valence-corrected chi connectivity index (χ2v) is 11.5. The largest absolute Gasteiger partial charge is 0.396 e. The third-order valence-corrected chi connectivity index (χ3v) is 9.98. The molecule has 2 aliphatic carbocycles. The molecule has 5 nitrogen and oxygen atoms in total. The van der Waals surface area contributed by atoms with Crippen LogP contribution in [0.3, 0.4) is 0 Å². The molecule has 0 radical (unpaired) electrons. The van der Waals surface area contributed by atoms with Gasteiger partial charge in [-0.2, -0.15) is 11.3 Å². The summed E-state index contributed by atoms with van der Waals surface area (Å²) in [5, 5.41) is 26.4. The zero-order valence-corrected chi connectivity index (χ0v) is 20.6. The maximum absolute atomic E-state index is 13.2. The summed E-state index contributed by atoms with van der Waals surface area (Å²) < 4.78 is 0. The number of rotatable bonds is 6. The van der Waals surface area contributed by atoms with Gasteiger partial charge in [0.15, 0.2) is 0 Å². The standard InChI is InChI=1S/C24H34N2O3S2/c1-5-26(6-2)20(29)11-16-21-17(31-22(25-21)15-8-10-30-13-15)12-18-23(16,3)9-7-19(28)24(18,4)14-27/h8,10,13,16,18-19,27-28H,5-7,9,11-12,14H2,1-4H3/t16-,18+,19+,23-,24-/m0/s1. The molecule has 0 aromatic carbocycles. The Balaban J connectivity index is 1.81. The lowest BCUT2D eigenvalue weighted by Gasteiger charge is -2.58. The summed E-state index contributed by atoms with van der Waals surface area (Å²) in [5.41, 5.74) is 1.44. The number of hydrogen-bond acceptors (Lipinski definition) is 6. The van der Waals surface area contributed by atoms with E-state index in [2.05, 4.69) is 23.8 Å². The Hall–Kier alpha value is -1.28. The van der Waals surface area contributed by atoms with Gasteiger partial charge < -0.3 is 15.1 Å². The van der Waals surface area contributed by atoms with Crippen molar-refractivity contribution in [3.8, 4) is 10.6 Å². The molecule has 31 heavy (non-hydrogen) atoms. The van der Waals surface area contributed by atoms with Crippen molar-refractivity contribution < 1.29 is 15.0 Å². The lowest BCUT2D eigenvalue weighted by atomic mass is 9.47. The van der Waals surface area contributed by atoms with Gasteiger partial charge in [0.2, 0.25) is 5.91 Å². The number of amides is 1. The van der Waals surface area contributed by atoms with Crippen molar-refractivity contribution in [2.24, 2.45) is 16.7 Å². The molecule has 0 unspecified atom stereocenters. The van der Waals surface area contributed by atoms with E-state index in [4.69, 9.17) is 4.98 Å². The molecule has 0 spiro atoms. The number of carbonyl (C=O) groups excluding carboxylic acids is 1. The molecule has 4 rings (SSSR count). The Morgan fingerprint density at radius 3 is 2.68 bits per heavy atom. The number of carbonyl (C=O) groups is 1. The zero-order chi connectivity index (χ0) is 22.4. The van der Waals surface area contributed by atoms with Crippen LogP contribution in [-0.4, -0.2) is 51.8 Å². The topological polar surface area (TPSA) is 73.7 Å². The number of nitrogens with zero attached hydrogens (tertiary/aromatic N) is 2. The highest BCUT2D eigenvalue weighted by molar-refractivity contribution is 7.15. The van der Waals surface area contributed by atoms with Gasteiger partial charge in [0, 0.05) is 46.7 Å². The molecule has 7 heteroatoms. The maximum atomic E-state index is 13.2. The minimum absolute atomic E-state index is 0.00337. The smallest absolute Gasteiger partial charge is 0.223 e. The molecule has 2 N–H and O–H groups in total. The second kappa shape index (κ2) is 8.58. The van der Waals surface area contributed by atoms with Crippen LogP contribution in [-0.2, 0) is 11.2 Å². The summed E-state index contributed by atoms with van der Waals surface area (Å²) in [6, 6.07) is 2.10. The lowest BCUT2D eigenvalue weighted by Crippen LogP contribution is -2.57. The highest BCUT2D eigenvalue weighted by Gasteiger charge is 2.59. The summed E-state index contributed by atoms with van der Waals surface area (Å²) >= 11 is 3.38. The Morgan fingerprint density at radius 1 is 1.32 bits per heavy atom. The maximum Gasteiger partial charge on any atom is 0.223 e. The first kappa shape index (κ1) is 22.9. The van der Waals surface area contributed by atoms with E-state index in [1.807, 2.05) is 25.7 Å². The van der Waals surface area contributed by atoms with E-state index in [-0.39, 0.29) is 29.8 Å². The molecule has 1 amide bonds. The van der Waals surface area contributed by atoms with Crippen LogP contribution in [0.1, 0.15) is 63.4 Å². The fourth-order valence-electron chi connectivity index (χ4n) is 6.04. The van der Waals surface area contributed by atoms with Crippen molar-refractivity contribution in [2.75, 3.05) is 19.7 Å². The normalized spacial score (nSPS) is 32.4. The van der Waals surface area contributed by atoms with Crippen LogP contribution in [0.15, 0.2) is 16.8 Å². The average Bonchev–Trinajstić information content (AvgIpc) is 3.43. The SMILES string of the molecule is CCN(CC)C(=O)C[C@H]1c2nc(-c3ccsc3)sc2C[C@H]2[C@](C)(CO)[C@H](O)CC[C@]21C. The summed E-state index contributed by atoms with van der Waals surface area (Å²) in [6.07, 6.45) is 2.20. The second-order valence-electron chi connectivity index (χ2n) is 9.64. The van der Waals surface area contributed by atoms with Gasteiger partial charge in [0.05, 0.1) is 18.4 Å². The monoisotopic (exact) mass is 462 g/mol. The summed E-state index contributed by atoms with van der Waals surface area (Å²) in [6.45, 7) is 9.71. The lowest BCUT2D eigenvalue weighted by molar-refractivity contribution is -0.147. The van der Waals surface area contributed by atoms with Gasteiger partial charge in [0.1, 0.15) is 5.01 Å². The minimum Gasteiger partial charge on any atom is -0.396 e. The van der Waals surface area contributed by atoms with Gasteiger partial charge in [-0.05, 0) is 55.9 Å². The molecule has 0 saturated heterocycles. The van der Waals surface area contributed by atoms with Crippen molar-refractivity contribution in [2.45, 2.75) is 65.4 Å². The fraction of sp³-hybridized carbons (Fsp3) is 0.667. The fourth-order valence-corrected chi connectivity index (χ4v) is 7.92. The van der Waals surface area contributed by atoms with E-state index in [0.29, 0.717) is 25.9 Å². The van der Waals surface area contributed by atoms with E-state index in [1.54, 1.807) is 22.7 Å². The van der Waals surface area contributed by atoms with Gasteiger partial charge in [0.25, 0.3) is 0 Å². The quantitative estimate of drug-likeness (QED) is 0.661. The van der Waals surface area contributed by atoms with Gasteiger partial charge in [-0.15, -0.1) is 11.3 Å². The van der Waals surface area contributed by atoms with E-state index >= 15 is 0 Å². The highest BCUT2D eigenvalue weighted by atomic mass is 32.1. The Bertz CT molecular complexity index is 923. The number of hydrogen-bond donors (Lipinski definition) is 2. The molecule has 1 saturated carbocycles. The average molecular weight is 463 g/mol. The summed E-state index contributed by atoms with van der Waals surface area (Å²) in [4.78, 5) is 21.5. The predicted octanol–water partition coefficient (Wildman–Crippen LogP) is 4.55. The van der Waals surface area contributed by atoms with Gasteiger partial charge in [-0.3, -0.25) is 4.79 Å². The molecule has 0 aliphatic heterocycles. The molecular weight excluding hydrogens is 428 g/mol. The number of aliphatic hydroxyl groups excluding tert-OH is 2. The van der Waals surface area contributed by atoms with Crippen LogP contribution in [0.5, 0.6) is 0 Å². The highest BCUT2D eigenvalue weighted by Crippen LogP contribution is 2.63. The number of thiophene rings is 1. The summed E-state index contributed by atoms with van der Waals surface area (Å²) in [5.74, 6) is 0.271. The third kappa shape index (κ3) is 3.67. The number of thiazole rings is 1. The van der Waals surface area contributed by atoms with Crippen molar-refractivity contribution >= 4 is 28.6 Å². The molecule has 2 aromatic heterocycles. The molecule has 0 bridgehead atoms. The van der Waals surface area contributed by atoms with Crippen molar-refractivity contribution in [1.29, 1.82) is 0 Å². The molecule has 2 aliphatic rings.